The summed E-state index contributed by atoms with van der Waals surface area (Å²) in [4.78, 5) is 1.33. The summed E-state index contributed by atoms with van der Waals surface area (Å²) >= 11 is 11.3. The van der Waals surface area contributed by atoms with Crippen LogP contribution in [0.5, 0.6) is 0 Å². The molecule has 1 aromatic carbocycles. The van der Waals surface area contributed by atoms with Crippen LogP contribution in [0, 0.1) is 0 Å². The lowest BCUT2D eigenvalue weighted by Gasteiger charge is -2.19. The number of benzene rings is 1. The van der Waals surface area contributed by atoms with E-state index >= 15 is 0 Å². The van der Waals surface area contributed by atoms with Crippen molar-refractivity contribution < 1.29 is 0 Å². The Bertz CT molecular complexity index is 526. The van der Waals surface area contributed by atoms with Crippen molar-refractivity contribution in [2.24, 2.45) is 0 Å². The normalized spacial score (nSPS) is 14.4. The van der Waals surface area contributed by atoms with Gasteiger partial charge in [0.15, 0.2) is 0 Å². The number of halogens is 2. The molecule has 1 aromatic heterocycles. The van der Waals surface area contributed by atoms with Crippen LogP contribution < -0.4 is 5.32 Å². The maximum Gasteiger partial charge on any atom is 0.0701 e. The third kappa shape index (κ3) is 3.58. The molecule has 2 rings (SSSR count). The molecule has 0 aliphatic carbocycles. The highest BCUT2D eigenvalue weighted by atomic mass is 79.9. The predicted molar refractivity (Wildman–Crippen MR) is 83.4 cm³/mol. The van der Waals surface area contributed by atoms with Crippen LogP contribution in [0.25, 0.3) is 0 Å². The molecule has 0 aliphatic rings. The van der Waals surface area contributed by atoms with Crippen molar-refractivity contribution in [2.45, 2.75) is 25.9 Å². The molecule has 18 heavy (non-hydrogen) atoms. The molecule has 2 aromatic rings. The smallest absolute Gasteiger partial charge is 0.0701 e. The molecule has 0 aliphatic heterocycles. The van der Waals surface area contributed by atoms with Crippen molar-refractivity contribution in [3.8, 4) is 0 Å². The minimum absolute atomic E-state index is 0.277. The first-order valence-corrected chi connectivity index (χ1v) is 7.82. The lowest BCUT2D eigenvalue weighted by atomic mass is 10.1. The Morgan fingerprint density at radius 3 is 2.56 bits per heavy atom. The maximum absolute atomic E-state index is 6.01. The van der Waals surface area contributed by atoms with Crippen LogP contribution in [0.4, 0.5) is 0 Å². The van der Waals surface area contributed by atoms with E-state index in [1.54, 1.807) is 11.3 Å². The molecule has 2 atom stereocenters. The van der Waals surface area contributed by atoms with Crippen molar-refractivity contribution in [3.05, 3.63) is 55.6 Å². The van der Waals surface area contributed by atoms with E-state index in [9.17, 15) is 0 Å². The molecular formula is C14H15BrClNS. The van der Waals surface area contributed by atoms with E-state index in [0.29, 0.717) is 6.04 Å². The number of hydrogen-bond donors (Lipinski definition) is 1. The third-order valence-corrected chi connectivity index (χ3v) is 4.91. The largest absolute Gasteiger partial charge is 0.303 e. The average molecular weight is 345 g/mol. The molecule has 1 heterocycles. The van der Waals surface area contributed by atoms with Crippen molar-refractivity contribution in [2.75, 3.05) is 0 Å². The Hall–Kier alpha value is -0.350. The van der Waals surface area contributed by atoms with Crippen LogP contribution in [0.3, 0.4) is 0 Å². The van der Waals surface area contributed by atoms with Crippen LogP contribution in [0.2, 0.25) is 5.02 Å². The Morgan fingerprint density at radius 1 is 1.17 bits per heavy atom. The highest BCUT2D eigenvalue weighted by Crippen LogP contribution is 2.29. The molecule has 4 heteroatoms. The Morgan fingerprint density at radius 2 is 1.94 bits per heavy atom. The molecule has 0 bridgehead atoms. The van der Waals surface area contributed by atoms with Gasteiger partial charge in [0.2, 0.25) is 0 Å². The number of thiophene rings is 1. The molecule has 0 amide bonds. The van der Waals surface area contributed by atoms with Gasteiger partial charge in [0.05, 0.1) is 3.79 Å². The summed E-state index contributed by atoms with van der Waals surface area (Å²) in [5.41, 5.74) is 1.21. The average Bonchev–Trinajstić information content (AvgIpc) is 2.76. The van der Waals surface area contributed by atoms with E-state index in [-0.39, 0.29) is 6.04 Å². The minimum atomic E-state index is 0.277. The number of nitrogens with one attached hydrogen (secondary N) is 1. The predicted octanol–water partition coefficient (Wildman–Crippen LogP) is 5.58. The number of hydrogen-bond acceptors (Lipinski definition) is 2. The Labute approximate surface area is 125 Å². The highest BCUT2D eigenvalue weighted by molar-refractivity contribution is 9.11. The minimum Gasteiger partial charge on any atom is -0.303 e. The van der Waals surface area contributed by atoms with Crippen molar-refractivity contribution >= 4 is 38.9 Å². The first-order chi connectivity index (χ1) is 8.56. The molecule has 0 saturated heterocycles. The van der Waals surface area contributed by atoms with E-state index in [1.807, 2.05) is 18.2 Å². The topological polar surface area (TPSA) is 12.0 Å². The fraction of sp³-hybridized carbons (Fsp3) is 0.286. The first-order valence-electron chi connectivity index (χ1n) is 5.83. The van der Waals surface area contributed by atoms with Gasteiger partial charge in [-0.2, -0.15) is 0 Å². The van der Waals surface area contributed by atoms with E-state index < -0.39 is 0 Å². The summed E-state index contributed by atoms with van der Waals surface area (Å²) in [6, 6.07) is 12.8. The SMILES string of the molecule is CC(N[C@H](C)c1cccc(Cl)c1)c1ccc(Br)s1. The summed E-state index contributed by atoms with van der Waals surface area (Å²) in [6.45, 7) is 4.34. The van der Waals surface area contributed by atoms with Gasteiger partial charge in [-0.05, 0) is 59.6 Å². The summed E-state index contributed by atoms with van der Waals surface area (Å²) in [6.07, 6.45) is 0. The van der Waals surface area contributed by atoms with Gasteiger partial charge in [0, 0.05) is 22.0 Å². The van der Waals surface area contributed by atoms with Gasteiger partial charge in [-0.3, -0.25) is 0 Å². The zero-order valence-corrected chi connectivity index (χ0v) is 13.4. The Kier molecular flexibility index (Phi) is 4.84. The molecule has 0 radical (unpaired) electrons. The summed E-state index contributed by atoms with van der Waals surface area (Å²) in [5.74, 6) is 0. The van der Waals surface area contributed by atoms with E-state index in [4.69, 9.17) is 11.6 Å². The monoisotopic (exact) mass is 343 g/mol. The van der Waals surface area contributed by atoms with E-state index in [0.717, 1.165) is 5.02 Å². The molecule has 0 spiro atoms. The Balaban J connectivity index is 2.05. The number of rotatable bonds is 4. The van der Waals surface area contributed by atoms with E-state index in [2.05, 4.69) is 53.3 Å². The summed E-state index contributed by atoms with van der Waals surface area (Å²) in [5, 5.41) is 4.37. The quantitative estimate of drug-likeness (QED) is 0.764. The lowest BCUT2D eigenvalue weighted by molar-refractivity contribution is 0.500. The van der Waals surface area contributed by atoms with Crippen molar-refractivity contribution in [1.29, 1.82) is 0 Å². The molecule has 1 nitrogen and oxygen atoms in total. The van der Waals surface area contributed by atoms with Gasteiger partial charge in [-0.1, -0.05) is 23.7 Å². The van der Waals surface area contributed by atoms with Crippen LogP contribution in [0.15, 0.2) is 40.2 Å². The van der Waals surface area contributed by atoms with Crippen LogP contribution in [-0.4, -0.2) is 0 Å². The van der Waals surface area contributed by atoms with Gasteiger partial charge < -0.3 is 5.32 Å². The molecule has 1 unspecified atom stereocenters. The zero-order chi connectivity index (χ0) is 13.1. The van der Waals surface area contributed by atoms with Gasteiger partial charge >= 0.3 is 0 Å². The fourth-order valence-corrected chi connectivity index (χ4v) is 3.52. The molecule has 0 fully saturated rings. The van der Waals surface area contributed by atoms with Crippen LogP contribution in [-0.2, 0) is 0 Å². The molecule has 0 saturated carbocycles. The lowest BCUT2D eigenvalue weighted by Crippen LogP contribution is -2.21. The van der Waals surface area contributed by atoms with E-state index in [1.165, 1.54) is 14.2 Å². The second-order valence-corrected chi connectivity index (χ2v) is 7.24. The molecular weight excluding hydrogens is 330 g/mol. The second kappa shape index (κ2) is 6.20. The molecule has 96 valence electrons. The van der Waals surface area contributed by atoms with Crippen molar-refractivity contribution in [3.63, 3.8) is 0 Å². The van der Waals surface area contributed by atoms with Gasteiger partial charge in [0.1, 0.15) is 0 Å². The van der Waals surface area contributed by atoms with Crippen molar-refractivity contribution in [1.82, 2.24) is 5.32 Å². The maximum atomic E-state index is 6.01. The second-order valence-electron chi connectivity index (χ2n) is 4.31. The summed E-state index contributed by atoms with van der Waals surface area (Å²) < 4.78 is 1.17. The van der Waals surface area contributed by atoms with Gasteiger partial charge in [0.25, 0.3) is 0 Å². The fourth-order valence-electron chi connectivity index (χ4n) is 1.89. The van der Waals surface area contributed by atoms with Gasteiger partial charge in [-0.15, -0.1) is 11.3 Å². The zero-order valence-electron chi connectivity index (χ0n) is 10.3. The standard InChI is InChI=1S/C14H15BrClNS/c1-9(11-4-3-5-12(16)8-11)17-10(2)13-6-7-14(15)18-13/h3-10,17H,1-2H3/t9-,10?/m1/s1. The van der Waals surface area contributed by atoms with Crippen LogP contribution in [0.1, 0.15) is 36.4 Å². The summed E-state index contributed by atoms with van der Waals surface area (Å²) in [7, 11) is 0. The first kappa shape index (κ1) is 14.1. The highest BCUT2D eigenvalue weighted by Gasteiger charge is 2.12. The molecule has 1 N–H and O–H groups in total. The third-order valence-electron chi connectivity index (χ3n) is 2.87. The van der Waals surface area contributed by atoms with Gasteiger partial charge in [-0.25, -0.2) is 0 Å². The van der Waals surface area contributed by atoms with Crippen LogP contribution >= 0.6 is 38.9 Å².